The van der Waals surface area contributed by atoms with Crippen molar-refractivity contribution in [1.29, 1.82) is 0 Å². The molecule has 0 radical (unpaired) electrons. The lowest BCUT2D eigenvalue weighted by molar-refractivity contribution is -0.143. The number of aliphatic hydroxyl groups excluding tert-OH is 1. The molecule has 2 heterocycles. The van der Waals surface area contributed by atoms with Crippen molar-refractivity contribution in [2.45, 2.75) is 44.6 Å². The number of aromatic nitrogens is 1. The van der Waals surface area contributed by atoms with E-state index in [0.29, 0.717) is 23.6 Å². The van der Waals surface area contributed by atoms with Gasteiger partial charge in [-0.1, -0.05) is 43.5 Å². The van der Waals surface area contributed by atoms with Crippen LogP contribution in [0.15, 0.2) is 42.0 Å². The van der Waals surface area contributed by atoms with Crippen molar-refractivity contribution in [2.75, 3.05) is 0 Å². The number of aliphatic carboxylic acids is 1. The Morgan fingerprint density at radius 1 is 1.10 bits per heavy atom. The molecular formula is C23H22ClNO5. The van der Waals surface area contributed by atoms with Crippen molar-refractivity contribution in [1.82, 2.24) is 4.57 Å². The van der Waals surface area contributed by atoms with E-state index in [0.717, 1.165) is 24.1 Å². The van der Waals surface area contributed by atoms with Gasteiger partial charge in [-0.05, 0) is 42.7 Å². The van der Waals surface area contributed by atoms with Crippen LogP contribution in [0.25, 0.3) is 17.0 Å². The van der Waals surface area contributed by atoms with Crippen molar-refractivity contribution in [3.8, 4) is 11.3 Å². The number of fused-ring (bicyclic) bond motifs is 2. The van der Waals surface area contributed by atoms with Crippen molar-refractivity contribution >= 4 is 34.9 Å². The molecule has 1 aromatic heterocycles. The van der Waals surface area contributed by atoms with E-state index in [1.165, 1.54) is 6.92 Å². The average Bonchev–Trinajstić information content (AvgIpc) is 3.35. The number of rotatable bonds is 5. The monoisotopic (exact) mass is 427 g/mol. The maximum atomic E-state index is 13.6. The summed E-state index contributed by atoms with van der Waals surface area (Å²) in [6, 6.07) is 10.8. The minimum atomic E-state index is -1.12. The van der Waals surface area contributed by atoms with E-state index < -0.39 is 29.0 Å². The fourth-order valence-electron chi connectivity index (χ4n) is 4.64. The predicted octanol–water partition coefficient (Wildman–Crippen LogP) is 4.61. The van der Waals surface area contributed by atoms with Crippen molar-refractivity contribution in [3.05, 3.63) is 52.7 Å². The number of halogens is 1. The number of hydrogen-bond donors (Lipinski definition) is 2. The highest BCUT2D eigenvalue weighted by Gasteiger charge is 2.51. The highest BCUT2D eigenvalue weighted by Crippen LogP contribution is 2.48. The van der Waals surface area contributed by atoms with E-state index in [2.05, 4.69) is 0 Å². The Hall–Kier alpha value is -2.86. The average molecular weight is 428 g/mol. The Morgan fingerprint density at radius 3 is 2.30 bits per heavy atom. The van der Waals surface area contributed by atoms with Gasteiger partial charge in [-0.2, -0.15) is 0 Å². The second-order valence-corrected chi connectivity index (χ2v) is 8.54. The van der Waals surface area contributed by atoms with Gasteiger partial charge < -0.3 is 14.8 Å². The van der Waals surface area contributed by atoms with E-state index in [1.54, 1.807) is 18.2 Å². The molecule has 1 fully saturated rings. The summed E-state index contributed by atoms with van der Waals surface area (Å²) in [6.45, 7) is 1.41. The van der Waals surface area contributed by atoms with Gasteiger partial charge in [0.1, 0.15) is 11.1 Å². The van der Waals surface area contributed by atoms with Crippen LogP contribution in [0, 0.1) is 5.92 Å². The molecule has 2 N–H and O–H groups in total. The molecule has 0 bridgehead atoms. The number of nitrogens with zero attached hydrogens (tertiary/aromatic N) is 1. The summed E-state index contributed by atoms with van der Waals surface area (Å²) in [5, 5.41) is 20.6. The topological polar surface area (TPSA) is 96.6 Å². The van der Waals surface area contributed by atoms with E-state index in [9.17, 15) is 19.5 Å². The molecule has 1 atom stereocenters. The first kappa shape index (κ1) is 20.4. The molecule has 0 saturated heterocycles. The number of carbonyl (C=O) groups excluding carboxylic acids is 2. The maximum absolute atomic E-state index is 13.6. The molecule has 6 nitrogen and oxygen atoms in total. The van der Waals surface area contributed by atoms with Crippen LogP contribution in [0.1, 0.15) is 44.7 Å². The largest absolute Gasteiger partial charge is 0.505 e. The highest BCUT2D eigenvalue weighted by molar-refractivity contribution is 6.30. The van der Waals surface area contributed by atoms with Crippen LogP contribution in [0.5, 0.6) is 0 Å². The third-order valence-electron chi connectivity index (χ3n) is 6.20. The number of carbonyl (C=O) groups is 3. The Balaban J connectivity index is 1.88. The molecule has 156 valence electrons. The number of aliphatic hydroxyl groups is 1. The molecule has 2 aliphatic rings. The fraction of sp³-hybridized carbons (Fsp3) is 0.348. The zero-order valence-electron chi connectivity index (χ0n) is 16.5. The number of benzene rings is 1. The lowest BCUT2D eigenvalue weighted by Gasteiger charge is -2.37. The number of carboxylic acid groups (broad SMARTS) is 1. The third-order valence-corrected chi connectivity index (χ3v) is 6.45. The van der Waals surface area contributed by atoms with Gasteiger partial charge >= 0.3 is 5.97 Å². The molecule has 0 amide bonds. The molecule has 1 aliphatic carbocycles. The van der Waals surface area contributed by atoms with Gasteiger partial charge in [0, 0.05) is 17.1 Å². The van der Waals surface area contributed by atoms with Crippen LogP contribution in [0.4, 0.5) is 0 Å². The van der Waals surface area contributed by atoms with Gasteiger partial charge in [0.2, 0.25) is 0 Å². The normalized spacial score (nSPS) is 18.5. The first-order chi connectivity index (χ1) is 14.3. The van der Waals surface area contributed by atoms with E-state index in [4.69, 9.17) is 16.7 Å². The van der Waals surface area contributed by atoms with Crippen molar-refractivity contribution < 1.29 is 24.6 Å². The molecule has 7 heteroatoms. The molecule has 1 spiro atoms. The number of ketones is 2. The summed E-state index contributed by atoms with van der Waals surface area (Å²) in [7, 11) is 0. The first-order valence-electron chi connectivity index (χ1n) is 9.99. The van der Waals surface area contributed by atoms with Gasteiger partial charge in [-0.25, -0.2) is 0 Å². The quantitative estimate of drug-likeness (QED) is 0.679. The molecule has 1 aliphatic heterocycles. The molecule has 30 heavy (non-hydrogen) atoms. The van der Waals surface area contributed by atoms with Gasteiger partial charge in [0.15, 0.2) is 17.3 Å². The number of allylic oxidation sites excluding steroid dienone is 1. The van der Waals surface area contributed by atoms with Crippen LogP contribution in [-0.4, -0.2) is 32.3 Å². The van der Waals surface area contributed by atoms with Gasteiger partial charge in [0.05, 0.1) is 11.6 Å². The Morgan fingerprint density at radius 2 is 1.70 bits per heavy atom. The number of carboxylic acids is 1. The van der Waals surface area contributed by atoms with E-state index in [1.807, 2.05) is 22.8 Å². The number of hydrogen-bond acceptors (Lipinski definition) is 4. The minimum Gasteiger partial charge on any atom is -0.505 e. The SMILES string of the molecule is C[C@H](CC(=O)C1=C(O)c2ccc(-c3ccc(Cl)cc3)n2C2(CCCC2)C1=O)C(=O)O. The number of Topliss-reactive ketones (excluding diaryl/α,β-unsaturated/α-hetero) is 2. The smallest absolute Gasteiger partial charge is 0.306 e. The molecule has 2 aromatic rings. The van der Waals surface area contributed by atoms with Crippen LogP contribution in [-0.2, 0) is 19.9 Å². The van der Waals surface area contributed by atoms with Gasteiger partial charge in [-0.15, -0.1) is 0 Å². The van der Waals surface area contributed by atoms with Gasteiger partial charge in [-0.3, -0.25) is 14.4 Å². The summed E-state index contributed by atoms with van der Waals surface area (Å²) < 4.78 is 1.86. The third kappa shape index (κ3) is 3.06. The van der Waals surface area contributed by atoms with E-state index >= 15 is 0 Å². The zero-order valence-corrected chi connectivity index (χ0v) is 17.3. The summed E-state index contributed by atoms with van der Waals surface area (Å²) in [4.78, 5) is 37.7. The first-order valence-corrected chi connectivity index (χ1v) is 10.4. The summed E-state index contributed by atoms with van der Waals surface area (Å²) in [5.41, 5.74) is 0.823. The van der Waals surface area contributed by atoms with Crippen LogP contribution < -0.4 is 0 Å². The van der Waals surface area contributed by atoms with Crippen molar-refractivity contribution in [2.24, 2.45) is 5.92 Å². The predicted molar refractivity (Wildman–Crippen MR) is 112 cm³/mol. The Bertz CT molecular complexity index is 1070. The van der Waals surface area contributed by atoms with Crippen LogP contribution in [0.3, 0.4) is 0 Å². The molecule has 1 saturated carbocycles. The lowest BCUT2D eigenvalue weighted by atomic mass is 9.80. The van der Waals surface area contributed by atoms with E-state index in [-0.39, 0.29) is 17.8 Å². The molecule has 1 aromatic carbocycles. The second-order valence-electron chi connectivity index (χ2n) is 8.10. The lowest BCUT2D eigenvalue weighted by Crippen LogP contribution is -2.46. The van der Waals surface area contributed by atoms with Crippen LogP contribution >= 0.6 is 11.6 Å². The molecular weight excluding hydrogens is 406 g/mol. The van der Waals surface area contributed by atoms with Gasteiger partial charge in [0.25, 0.3) is 0 Å². The van der Waals surface area contributed by atoms with Crippen molar-refractivity contribution in [3.63, 3.8) is 0 Å². The maximum Gasteiger partial charge on any atom is 0.306 e. The zero-order chi connectivity index (χ0) is 21.6. The summed E-state index contributed by atoms with van der Waals surface area (Å²) in [5.74, 6) is -3.47. The standard InChI is InChI=1S/C23H22ClNO5/c1-13(22(29)30)12-18(26)19-20(27)17-9-8-16(14-4-6-15(24)7-5-14)25(17)23(21(19)28)10-2-3-11-23/h4-9,13,27H,2-3,10-12H2,1H3,(H,29,30)/t13-/m1/s1. The van der Waals surface area contributed by atoms with Crippen LogP contribution in [0.2, 0.25) is 5.02 Å². The summed E-state index contributed by atoms with van der Waals surface area (Å²) >= 11 is 6.01. The summed E-state index contributed by atoms with van der Waals surface area (Å²) in [6.07, 6.45) is 2.45. The second kappa shape index (κ2) is 7.43. The Kier molecular flexibility index (Phi) is 5.06. The molecule has 4 rings (SSSR count). The molecule has 0 unspecified atom stereocenters. The fourth-order valence-corrected chi connectivity index (χ4v) is 4.76. The minimum absolute atomic E-state index is 0.266. The highest BCUT2D eigenvalue weighted by atomic mass is 35.5. The Labute approximate surface area is 178 Å².